The van der Waals surface area contributed by atoms with E-state index >= 15 is 0 Å². The number of hydrogen-bond acceptors (Lipinski definition) is 6. The molecule has 0 saturated heterocycles. The summed E-state index contributed by atoms with van der Waals surface area (Å²) in [6.07, 6.45) is 1.42. The van der Waals surface area contributed by atoms with E-state index in [1.54, 1.807) is 6.07 Å². The van der Waals surface area contributed by atoms with Crippen molar-refractivity contribution >= 4 is 17.7 Å². The Kier molecular flexibility index (Phi) is 4.80. The van der Waals surface area contributed by atoms with Gasteiger partial charge < -0.3 is 15.4 Å². The summed E-state index contributed by atoms with van der Waals surface area (Å²) in [5.74, 6) is -0.447. The number of ether oxygens (including phenoxy) is 1. The quantitative estimate of drug-likeness (QED) is 0.775. The van der Waals surface area contributed by atoms with E-state index < -0.39 is 5.97 Å². The Bertz CT molecular complexity index is 468. The van der Waals surface area contributed by atoms with Gasteiger partial charge in [0, 0.05) is 11.7 Å². The molecule has 0 bridgehead atoms. The van der Waals surface area contributed by atoms with Crippen molar-refractivity contribution in [1.82, 2.24) is 15.3 Å². The van der Waals surface area contributed by atoms with Gasteiger partial charge in [-0.25, -0.2) is 14.8 Å². The van der Waals surface area contributed by atoms with Gasteiger partial charge in [0.1, 0.15) is 5.82 Å². The van der Waals surface area contributed by atoms with Crippen LogP contribution in [0.5, 0.6) is 0 Å². The van der Waals surface area contributed by atoms with E-state index in [2.05, 4.69) is 25.3 Å². The molecule has 19 heavy (non-hydrogen) atoms. The first-order valence-corrected chi connectivity index (χ1v) is 5.78. The zero-order valence-electron chi connectivity index (χ0n) is 11.5. The number of amides is 1. The molecule has 104 valence electrons. The van der Waals surface area contributed by atoms with Crippen molar-refractivity contribution in [1.29, 1.82) is 0 Å². The zero-order chi connectivity index (χ0) is 14.5. The van der Waals surface area contributed by atoms with Crippen LogP contribution in [-0.4, -0.2) is 41.0 Å². The molecule has 0 atom stereocenters. The van der Waals surface area contributed by atoms with Crippen molar-refractivity contribution in [2.24, 2.45) is 0 Å². The summed E-state index contributed by atoms with van der Waals surface area (Å²) < 4.78 is 4.51. The van der Waals surface area contributed by atoms with Gasteiger partial charge in [-0.2, -0.15) is 0 Å². The smallest absolute Gasteiger partial charge is 0.376 e. The van der Waals surface area contributed by atoms with E-state index in [1.165, 1.54) is 13.3 Å². The molecule has 0 aromatic carbocycles. The Labute approximate surface area is 111 Å². The van der Waals surface area contributed by atoms with Gasteiger partial charge in [-0.05, 0) is 26.8 Å². The van der Waals surface area contributed by atoms with Crippen LogP contribution in [0.25, 0.3) is 0 Å². The lowest BCUT2D eigenvalue weighted by Crippen LogP contribution is -2.43. The maximum atomic E-state index is 11.6. The SMILES string of the molecule is COC(=O)c1nccc(NCC(=O)NC(C)(C)C)n1. The number of nitrogens with zero attached hydrogens (tertiary/aromatic N) is 2. The molecular formula is C12H18N4O3. The van der Waals surface area contributed by atoms with E-state index in [1.807, 2.05) is 20.8 Å². The lowest BCUT2D eigenvalue weighted by molar-refractivity contribution is -0.120. The van der Waals surface area contributed by atoms with Crippen molar-refractivity contribution in [3.63, 3.8) is 0 Å². The van der Waals surface area contributed by atoms with Crippen LogP contribution in [-0.2, 0) is 9.53 Å². The highest BCUT2D eigenvalue weighted by Crippen LogP contribution is 2.03. The number of carbonyl (C=O) groups excluding carboxylic acids is 2. The minimum atomic E-state index is -0.622. The maximum absolute atomic E-state index is 11.6. The van der Waals surface area contributed by atoms with Crippen LogP contribution in [0.2, 0.25) is 0 Å². The monoisotopic (exact) mass is 266 g/mol. The second-order valence-electron chi connectivity index (χ2n) is 4.91. The number of aromatic nitrogens is 2. The number of carbonyl (C=O) groups is 2. The molecule has 1 aromatic heterocycles. The lowest BCUT2D eigenvalue weighted by atomic mass is 10.1. The van der Waals surface area contributed by atoms with Crippen LogP contribution in [0.15, 0.2) is 12.3 Å². The Hall–Kier alpha value is -2.18. The molecule has 1 amide bonds. The van der Waals surface area contributed by atoms with E-state index in [0.29, 0.717) is 5.82 Å². The molecule has 0 aliphatic heterocycles. The fraction of sp³-hybridized carbons (Fsp3) is 0.500. The van der Waals surface area contributed by atoms with E-state index in [4.69, 9.17) is 0 Å². The summed E-state index contributed by atoms with van der Waals surface area (Å²) in [6.45, 7) is 5.75. The van der Waals surface area contributed by atoms with Crippen molar-refractivity contribution < 1.29 is 14.3 Å². The van der Waals surface area contributed by atoms with Crippen LogP contribution in [0, 0.1) is 0 Å². The van der Waals surface area contributed by atoms with Crippen LogP contribution >= 0.6 is 0 Å². The maximum Gasteiger partial charge on any atom is 0.376 e. The lowest BCUT2D eigenvalue weighted by Gasteiger charge is -2.20. The predicted molar refractivity (Wildman–Crippen MR) is 69.8 cm³/mol. The number of hydrogen-bond donors (Lipinski definition) is 2. The second-order valence-corrected chi connectivity index (χ2v) is 4.91. The topological polar surface area (TPSA) is 93.2 Å². The van der Waals surface area contributed by atoms with Crippen LogP contribution in [0.3, 0.4) is 0 Å². The number of methoxy groups -OCH3 is 1. The molecule has 0 radical (unpaired) electrons. The fourth-order valence-electron chi connectivity index (χ4n) is 1.28. The number of esters is 1. The molecule has 1 aromatic rings. The average Bonchev–Trinajstić information content (AvgIpc) is 2.34. The highest BCUT2D eigenvalue weighted by molar-refractivity contribution is 5.85. The van der Waals surface area contributed by atoms with Gasteiger partial charge >= 0.3 is 5.97 Å². The Balaban J connectivity index is 2.59. The third kappa shape index (κ3) is 5.33. The second kappa shape index (κ2) is 6.12. The normalized spacial score (nSPS) is 10.7. The summed E-state index contributed by atoms with van der Waals surface area (Å²) in [6, 6.07) is 1.57. The minimum absolute atomic E-state index is 0.0521. The molecule has 0 aliphatic carbocycles. The van der Waals surface area contributed by atoms with Crippen LogP contribution in [0.1, 0.15) is 31.4 Å². The average molecular weight is 266 g/mol. The standard InChI is InChI=1S/C12H18N4O3/c1-12(2,3)16-9(17)7-14-8-5-6-13-10(15-8)11(18)19-4/h5-6H,7H2,1-4H3,(H,16,17)(H,13,14,15). The van der Waals surface area contributed by atoms with Gasteiger partial charge in [-0.15, -0.1) is 0 Å². The first-order chi connectivity index (χ1) is 8.81. The Morgan fingerprint density at radius 1 is 1.37 bits per heavy atom. The highest BCUT2D eigenvalue weighted by Gasteiger charge is 2.14. The summed E-state index contributed by atoms with van der Waals surface area (Å²) in [5.41, 5.74) is -0.290. The number of rotatable bonds is 4. The largest absolute Gasteiger partial charge is 0.463 e. The van der Waals surface area contributed by atoms with Crippen molar-refractivity contribution in [2.75, 3.05) is 19.0 Å². The first kappa shape index (κ1) is 14.9. The van der Waals surface area contributed by atoms with Gasteiger partial charge in [0.05, 0.1) is 13.7 Å². The van der Waals surface area contributed by atoms with Crippen molar-refractivity contribution in [3.05, 3.63) is 18.1 Å². The van der Waals surface area contributed by atoms with Gasteiger partial charge in [0.2, 0.25) is 11.7 Å². The van der Waals surface area contributed by atoms with Gasteiger partial charge in [0.15, 0.2) is 0 Å². The molecule has 1 heterocycles. The molecule has 1 rings (SSSR count). The van der Waals surface area contributed by atoms with Crippen LogP contribution in [0.4, 0.5) is 5.82 Å². The van der Waals surface area contributed by atoms with E-state index in [-0.39, 0.29) is 23.8 Å². The van der Waals surface area contributed by atoms with Crippen molar-refractivity contribution in [2.45, 2.75) is 26.3 Å². The number of nitrogens with one attached hydrogen (secondary N) is 2. The number of anilines is 1. The molecule has 0 aliphatic rings. The summed E-state index contributed by atoms with van der Waals surface area (Å²) in [5, 5.41) is 5.62. The van der Waals surface area contributed by atoms with E-state index in [0.717, 1.165) is 0 Å². The predicted octanol–water partition coefficient (Wildman–Crippen LogP) is 0.590. The molecular weight excluding hydrogens is 248 g/mol. The minimum Gasteiger partial charge on any atom is -0.463 e. The molecule has 0 saturated carbocycles. The molecule has 0 unspecified atom stereocenters. The third-order valence-electron chi connectivity index (χ3n) is 1.97. The summed E-state index contributed by atoms with van der Waals surface area (Å²) >= 11 is 0. The van der Waals surface area contributed by atoms with E-state index in [9.17, 15) is 9.59 Å². The molecule has 2 N–H and O–H groups in total. The zero-order valence-corrected chi connectivity index (χ0v) is 11.5. The molecule has 7 nitrogen and oxygen atoms in total. The first-order valence-electron chi connectivity index (χ1n) is 5.78. The Morgan fingerprint density at radius 3 is 2.63 bits per heavy atom. The van der Waals surface area contributed by atoms with Gasteiger partial charge in [0.25, 0.3) is 0 Å². The molecule has 0 spiro atoms. The van der Waals surface area contributed by atoms with Gasteiger partial charge in [-0.1, -0.05) is 0 Å². The van der Waals surface area contributed by atoms with Gasteiger partial charge in [-0.3, -0.25) is 4.79 Å². The fourth-order valence-corrected chi connectivity index (χ4v) is 1.28. The summed E-state index contributed by atoms with van der Waals surface area (Å²) in [4.78, 5) is 30.5. The highest BCUT2D eigenvalue weighted by atomic mass is 16.5. The van der Waals surface area contributed by atoms with Crippen molar-refractivity contribution in [3.8, 4) is 0 Å². The van der Waals surface area contributed by atoms with Crippen LogP contribution < -0.4 is 10.6 Å². The Morgan fingerprint density at radius 2 is 2.05 bits per heavy atom. The summed E-state index contributed by atoms with van der Waals surface area (Å²) in [7, 11) is 1.25. The molecule has 7 heteroatoms. The molecule has 0 fully saturated rings. The third-order valence-corrected chi connectivity index (χ3v) is 1.97.